The number of hydrogen-bond donors (Lipinski definition) is 0. The Morgan fingerprint density at radius 1 is 0.923 bits per heavy atom. The van der Waals surface area contributed by atoms with Crippen molar-refractivity contribution in [3.63, 3.8) is 0 Å². The number of halogens is 1. The first-order valence-corrected chi connectivity index (χ1v) is 15.5. The second-order valence-corrected chi connectivity index (χ2v) is 13.2. The number of amides is 1. The number of sulfonamides is 1. The predicted molar refractivity (Wildman–Crippen MR) is 158 cm³/mol. The molecule has 0 N–H and O–H groups in total. The fourth-order valence-corrected chi connectivity index (χ4v) is 7.68. The van der Waals surface area contributed by atoms with Gasteiger partial charge in [0.25, 0.3) is 5.91 Å². The van der Waals surface area contributed by atoms with E-state index in [1.165, 1.54) is 33.3 Å². The monoisotopic (exact) mass is 617 g/mol. The Balaban J connectivity index is 1.29. The number of carbonyl (C=O) groups is 1. The van der Waals surface area contributed by atoms with Crippen LogP contribution in [0.25, 0.3) is 10.2 Å². The number of hydrogen-bond acceptors (Lipinski definition) is 5. The number of aromatic nitrogens is 1. The maximum atomic E-state index is 13.8. The van der Waals surface area contributed by atoms with Crippen LogP contribution in [0.15, 0.2) is 106 Å². The van der Waals surface area contributed by atoms with Crippen molar-refractivity contribution >= 4 is 58.5 Å². The highest BCUT2D eigenvalue weighted by Gasteiger charge is 2.29. The molecule has 1 amide bonds. The molecule has 9 heteroatoms. The summed E-state index contributed by atoms with van der Waals surface area (Å²) in [4.78, 5) is 20.4. The Bertz CT molecular complexity index is 1770. The van der Waals surface area contributed by atoms with Crippen molar-refractivity contribution in [2.75, 3.05) is 11.4 Å². The van der Waals surface area contributed by atoms with Crippen molar-refractivity contribution in [1.29, 1.82) is 0 Å². The van der Waals surface area contributed by atoms with Crippen LogP contribution in [0.4, 0.5) is 5.13 Å². The van der Waals surface area contributed by atoms with Crippen LogP contribution in [-0.4, -0.2) is 30.2 Å². The van der Waals surface area contributed by atoms with E-state index in [0.717, 1.165) is 25.8 Å². The summed E-state index contributed by atoms with van der Waals surface area (Å²) in [6.07, 6.45) is 0.680. The Kier molecular flexibility index (Phi) is 7.07. The van der Waals surface area contributed by atoms with E-state index in [1.54, 1.807) is 17.0 Å². The molecule has 0 bridgehead atoms. The summed E-state index contributed by atoms with van der Waals surface area (Å²) >= 11 is 4.95. The van der Waals surface area contributed by atoms with Crippen LogP contribution in [0.2, 0.25) is 0 Å². The van der Waals surface area contributed by atoms with E-state index in [-0.39, 0.29) is 10.8 Å². The Labute approximate surface area is 239 Å². The summed E-state index contributed by atoms with van der Waals surface area (Å²) in [6.45, 7) is 1.12. The molecule has 196 valence electrons. The van der Waals surface area contributed by atoms with Gasteiger partial charge in [-0.15, -0.1) is 0 Å². The second kappa shape index (κ2) is 10.7. The van der Waals surface area contributed by atoms with Gasteiger partial charge in [-0.25, -0.2) is 13.4 Å². The van der Waals surface area contributed by atoms with Crippen LogP contribution in [0.1, 0.15) is 27.0 Å². The first-order valence-electron chi connectivity index (χ1n) is 12.5. The van der Waals surface area contributed by atoms with Crippen molar-refractivity contribution in [2.24, 2.45) is 0 Å². The largest absolute Gasteiger partial charge is 0.279 e. The molecule has 5 aromatic rings. The third kappa shape index (κ3) is 5.27. The summed E-state index contributed by atoms with van der Waals surface area (Å²) in [5, 5.41) is 0.584. The number of benzene rings is 4. The number of fused-ring (bicyclic) bond motifs is 2. The fraction of sp³-hybridized carbons (Fsp3) is 0.133. The highest BCUT2D eigenvalue weighted by atomic mass is 79.9. The number of thiazole rings is 1. The second-order valence-electron chi connectivity index (χ2n) is 9.37. The zero-order valence-electron chi connectivity index (χ0n) is 20.8. The molecule has 6 nitrogen and oxygen atoms in total. The third-order valence-corrected chi connectivity index (χ3v) is 10.2. The van der Waals surface area contributed by atoms with Crippen LogP contribution in [0, 0.1) is 0 Å². The van der Waals surface area contributed by atoms with Crippen LogP contribution in [0.3, 0.4) is 0 Å². The summed E-state index contributed by atoms with van der Waals surface area (Å²) in [5.41, 5.74) is 4.39. The molecular formula is C30H24BrN3O3S2. The minimum Gasteiger partial charge on any atom is -0.279 e. The molecule has 0 unspecified atom stereocenters. The third-order valence-electron chi connectivity index (χ3n) is 6.83. The standard InChI is InChI=1S/C30H24BrN3O3S2/c31-25-12-15-27-28(18-25)38-30(32-27)34(19-21-6-2-1-3-7-21)29(35)23-10-13-26(14-11-23)39(36,37)33-17-16-22-8-4-5-9-24(22)20-33/h1-15,18H,16-17,19-20H2. The average molecular weight is 619 g/mol. The maximum Gasteiger partial charge on any atom is 0.260 e. The van der Waals surface area contributed by atoms with Gasteiger partial charge in [0.15, 0.2) is 5.13 Å². The molecule has 1 aromatic heterocycles. The molecule has 2 heterocycles. The Hall–Kier alpha value is -3.37. The summed E-state index contributed by atoms with van der Waals surface area (Å²) in [5.74, 6) is -0.243. The van der Waals surface area contributed by atoms with Gasteiger partial charge in [0.1, 0.15) is 0 Å². The van der Waals surface area contributed by atoms with Gasteiger partial charge in [0.2, 0.25) is 10.0 Å². The molecule has 0 radical (unpaired) electrons. The van der Waals surface area contributed by atoms with Crippen LogP contribution in [-0.2, 0) is 29.5 Å². The lowest BCUT2D eigenvalue weighted by Gasteiger charge is -2.28. The minimum atomic E-state index is -3.70. The predicted octanol–water partition coefficient (Wildman–Crippen LogP) is 6.65. The van der Waals surface area contributed by atoms with Gasteiger partial charge in [-0.3, -0.25) is 9.69 Å². The van der Waals surface area contributed by atoms with Crippen molar-refractivity contribution in [1.82, 2.24) is 9.29 Å². The zero-order chi connectivity index (χ0) is 27.0. The van der Waals surface area contributed by atoms with Gasteiger partial charge in [-0.2, -0.15) is 4.31 Å². The summed E-state index contributed by atoms with van der Waals surface area (Å²) < 4.78 is 30.3. The van der Waals surface area contributed by atoms with Crippen molar-refractivity contribution in [3.8, 4) is 0 Å². The van der Waals surface area contributed by atoms with Crippen molar-refractivity contribution < 1.29 is 13.2 Å². The van der Waals surface area contributed by atoms with Gasteiger partial charge >= 0.3 is 0 Å². The molecule has 1 aliphatic heterocycles. The molecule has 0 saturated heterocycles. The van der Waals surface area contributed by atoms with E-state index in [4.69, 9.17) is 4.98 Å². The van der Waals surface area contributed by atoms with E-state index in [0.29, 0.717) is 36.8 Å². The quantitative estimate of drug-likeness (QED) is 0.214. The molecule has 39 heavy (non-hydrogen) atoms. The lowest BCUT2D eigenvalue weighted by Crippen LogP contribution is -2.36. The fourth-order valence-electron chi connectivity index (χ4n) is 4.74. The van der Waals surface area contributed by atoms with Crippen LogP contribution in [0.5, 0.6) is 0 Å². The van der Waals surface area contributed by atoms with Crippen LogP contribution < -0.4 is 4.90 Å². The Morgan fingerprint density at radius 3 is 2.41 bits per heavy atom. The smallest absolute Gasteiger partial charge is 0.260 e. The number of rotatable bonds is 6. The topological polar surface area (TPSA) is 70.6 Å². The van der Waals surface area contributed by atoms with Gasteiger partial charge < -0.3 is 0 Å². The van der Waals surface area contributed by atoms with E-state index in [2.05, 4.69) is 15.9 Å². The summed E-state index contributed by atoms with van der Waals surface area (Å²) in [6, 6.07) is 29.7. The summed E-state index contributed by atoms with van der Waals surface area (Å²) in [7, 11) is -3.70. The van der Waals surface area contributed by atoms with E-state index < -0.39 is 10.0 Å². The minimum absolute atomic E-state index is 0.179. The normalized spacial score (nSPS) is 13.8. The van der Waals surface area contributed by atoms with Gasteiger partial charge in [0.05, 0.1) is 21.7 Å². The molecule has 1 aliphatic rings. The average Bonchev–Trinajstić information content (AvgIpc) is 3.39. The van der Waals surface area contributed by atoms with Crippen LogP contribution >= 0.6 is 27.3 Å². The van der Waals surface area contributed by atoms with Crippen molar-refractivity contribution in [3.05, 3.63) is 124 Å². The number of carbonyl (C=O) groups excluding carboxylic acids is 1. The lowest BCUT2D eigenvalue weighted by atomic mass is 10.0. The SMILES string of the molecule is O=C(c1ccc(S(=O)(=O)N2CCc3ccccc3C2)cc1)N(Cc1ccccc1)c1nc2ccc(Br)cc2s1. The molecule has 4 aromatic carbocycles. The molecule has 6 rings (SSSR count). The van der Waals surface area contributed by atoms with Crippen molar-refractivity contribution in [2.45, 2.75) is 24.4 Å². The lowest BCUT2D eigenvalue weighted by molar-refractivity contribution is 0.0985. The number of anilines is 1. The first kappa shape index (κ1) is 25.9. The highest BCUT2D eigenvalue weighted by molar-refractivity contribution is 9.10. The zero-order valence-corrected chi connectivity index (χ0v) is 24.0. The molecule has 0 spiro atoms. The van der Waals surface area contributed by atoms with E-state index >= 15 is 0 Å². The van der Waals surface area contributed by atoms with Gasteiger partial charge in [-0.1, -0.05) is 81.9 Å². The molecule has 0 fully saturated rings. The highest BCUT2D eigenvalue weighted by Crippen LogP contribution is 2.33. The molecule has 0 atom stereocenters. The molecule has 0 saturated carbocycles. The Morgan fingerprint density at radius 2 is 1.64 bits per heavy atom. The van der Waals surface area contributed by atoms with Gasteiger partial charge in [0, 0.05) is 23.1 Å². The molecular weight excluding hydrogens is 594 g/mol. The van der Waals surface area contributed by atoms with E-state index in [9.17, 15) is 13.2 Å². The molecule has 0 aliphatic carbocycles. The van der Waals surface area contributed by atoms with Gasteiger partial charge in [-0.05, 0) is 65.6 Å². The number of nitrogens with zero attached hydrogens (tertiary/aromatic N) is 3. The maximum absolute atomic E-state index is 13.8. The van der Waals surface area contributed by atoms with E-state index in [1.807, 2.05) is 72.8 Å². The first-order chi connectivity index (χ1) is 18.9.